The molecule has 2 saturated heterocycles. The molecule has 2 aromatic carbocycles. The molecule has 3 atom stereocenters. The van der Waals surface area contributed by atoms with Crippen molar-refractivity contribution in [2.24, 2.45) is 0 Å². The second-order valence-corrected chi connectivity index (χ2v) is 15.6. The molecule has 3 aliphatic rings. The molecule has 3 aliphatic heterocycles. The second kappa shape index (κ2) is 17.5. The van der Waals surface area contributed by atoms with E-state index in [2.05, 4.69) is 19.2 Å². The number of anilines is 2. The molecular formula is C36H48N4O9S2. The van der Waals surface area contributed by atoms with E-state index in [1.165, 1.54) is 18.9 Å². The van der Waals surface area contributed by atoms with Crippen LogP contribution >= 0.6 is 23.5 Å². The number of rotatable bonds is 16. The molecule has 2 aromatic rings. The molecule has 3 heterocycles. The summed E-state index contributed by atoms with van der Waals surface area (Å²) < 4.78 is 28.8. The lowest BCUT2D eigenvalue weighted by Gasteiger charge is -2.31. The standard InChI is InChI=1S/C36H48N4O9S2/c1-6-50-36(51-7-2)27-11-10-12-39(27)34(43)23-16-29(45-4)31(18-25(23)37)47-13-8-9-14-48-32-19-26-24(17-30(32)46-5)35(44)40-20-22(49-21(3)41)15-28(40)33(42)38-26/h16-19,22,27-28,36H,6-15,20,37H2,1-5H3,(H,38,42)/t22-,27+,28+/m1/s1. The zero-order valence-corrected chi connectivity index (χ0v) is 31.5. The molecule has 2 fully saturated rings. The quantitative estimate of drug-likeness (QED) is 0.102. The van der Waals surface area contributed by atoms with Crippen LogP contribution in [-0.4, -0.2) is 108 Å². The summed E-state index contributed by atoms with van der Waals surface area (Å²) >= 11 is 3.78. The van der Waals surface area contributed by atoms with E-state index in [1.807, 2.05) is 28.4 Å². The summed E-state index contributed by atoms with van der Waals surface area (Å²) in [6, 6.07) is 5.89. The van der Waals surface area contributed by atoms with Crippen molar-refractivity contribution < 1.29 is 42.9 Å². The lowest BCUT2D eigenvalue weighted by Crippen LogP contribution is -2.41. The lowest BCUT2D eigenvalue weighted by molar-refractivity contribution is -0.145. The summed E-state index contributed by atoms with van der Waals surface area (Å²) in [5, 5.41) is 2.83. The Morgan fingerprint density at radius 3 is 2.24 bits per heavy atom. The summed E-state index contributed by atoms with van der Waals surface area (Å²) in [7, 11) is 3.02. The number of nitrogens with zero attached hydrogens (tertiary/aromatic N) is 2. The van der Waals surface area contributed by atoms with Crippen LogP contribution in [-0.2, 0) is 14.3 Å². The molecule has 0 saturated carbocycles. The molecule has 278 valence electrons. The highest BCUT2D eigenvalue weighted by atomic mass is 32.2. The number of carbonyl (C=O) groups excluding carboxylic acids is 4. The van der Waals surface area contributed by atoms with Crippen molar-refractivity contribution in [3.63, 3.8) is 0 Å². The molecule has 0 aromatic heterocycles. The maximum absolute atomic E-state index is 13.7. The van der Waals surface area contributed by atoms with E-state index in [4.69, 9.17) is 29.4 Å². The molecule has 15 heteroatoms. The van der Waals surface area contributed by atoms with Crippen LogP contribution in [0.1, 0.15) is 73.6 Å². The van der Waals surface area contributed by atoms with Gasteiger partial charge in [0.2, 0.25) is 5.91 Å². The van der Waals surface area contributed by atoms with Gasteiger partial charge >= 0.3 is 5.97 Å². The summed E-state index contributed by atoms with van der Waals surface area (Å²) in [5.74, 6) is 2.37. The highest BCUT2D eigenvalue weighted by molar-refractivity contribution is 8.17. The van der Waals surface area contributed by atoms with Gasteiger partial charge in [0.15, 0.2) is 23.0 Å². The molecule has 3 amide bonds. The minimum Gasteiger partial charge on any atom is -0.493 e. The van der Waals surface area contributed by atoms with Crippen LogP contribution < -0.4 is 30.0 Å². The number of nitrogens with one attached hydrogen (secondary N) is 1. The highest BCUT2D eigenvalue weighted by Crippen LogP contribution is 2.40. The van der Waals surface area contributed by atoms with Gasteiger partial charge in [0.05, 0.1) is 61.4 Å². The number of thioether (sulfide) groups is 2. The molecule has 0 radical (unpaired) electrons. The largest absolute Gasteiger partial charge is 0.493 e. The minimum absolute atomic E-state index is 0.0826. The molecule has 13 nitrogen and oxygen atoms in total. The first-order valence-electron chi connectivity index (χ1n) is 17.4. The minimum atomic E-state index is -0.750. The average molecular weight is 745 g/mol. The van der Waals surface area contributed by atoms with Crippen molar-refractivity contribution in [1.29, 1.82) is 0 Å². The monoisotopic (exact) mass is 744 g/mol. The van der Waals surface area contributed by atoms with E-state index in [0.29, 0.717) is 77.1 Å². The molecule has 3 N–H and O–H groups in total. The van der Waals surface area contributed by atoms with Gasteiger partial charge in [-0.1, -0.05) is 13.8 Å². The van der Waals surface area contributed by atoms with Gasteiger partial charge in [-0.3, -0.25) is 19.2 Å². The van der Waals surface area contributed by atoms with Gasteiger partial charge in [-0.05, 0) is 49.3 Å². The number of ether oxygens (including phenoxy) is 5. The Balaban J connectivity index is 1.16. The van der Waals surface area contributed by atoms with E-state index in [9.17, 15) is 19.2 Å². The predicted octanol–water partition coefficient (Wildman–Crippen LogP) is 5.06. The van der Waals surface area contributed by atoms with E-state index in [-0.39, 0.29) is 42.3 Å². The summed E-state index contributed by atoms with van der Waals surface area (Å²) in [6.45, 7) is 7.11. The fourth-order valence-corrected chi connectivity index (χ4v) is 9.63. The normalized spacial score (nSPS) is 19.7. The fourth-order valence-electron chi connectivity index (χ4n) is 6.76. The highest BCUT2D eigenvalue weighted by Gasteiger charge is 2.44. The van der Waals surface area contributed by atoms with Crippen molar-refractivity contribution in [1.82, 2.24) is 9.80 Å². The van der Waals surface area contributed by atoms with Crippen molar-refractivity contribution in [3.8, 4) is 23.0 Å². The summed E-state index contributed by atoms with van der Waals surface area (Å²) in [6.07, 6.45) is 2.89. The van der Waals surface area contributed by atoms with E-state index < -0.39 is 18.1 Å². The Labute approximate surface area is 307 Å². The second-order valence-electron chi connectivity index (χ2n) is 12.5. The maximum Gasteiger partial charge on any atom is 0.302 e. The SMILES string of the molecule is CCSC(SCC)[C@@H]1CCCN1C(=O)c1cc(OC)c(OCCCCOc2cc3c(cc2OC)C(=O)N2C[C@H](OC(C)=O)C[C@H]2C(=O)N3)cc1N. The first-order valence-corrected chi connectivity index (χ1v) is 19.5. The Morgan fingerprint density at radius 1 is 0.961 bits per heavy atom. The number of benzene rings is 2. The first-order chi connectivity index (χ1) is 24.6. The summed E-state index contributed by atoms with van der Waals surface area (Å²) in [4.78, 5) is 55.1. The van der Waals surface area contributed by atoms with Crippen LogP contribution in [0.3, 0.4) is 0 Å². The molecule has 5 rings (SSSR count). The number of nitrogen functional groups attached to an aromatic ring is 1. The number of amides is 3. The number of carbonyl (C=O) groups is 4. The van der Waals surface area contributed by atoms with E-state index >= 15 is 0 Å². The van der Waals surface area contributed by atoms with Gasteiger partial charge in [0, 0.05) is 37.7 Å². The Hall–Kier alpha value is -3.98. The smallest absolute Gasteiger partial charge is 0.302 e. The van der Waals surface area contributed by atoms with Crippen LogP contribution in [0.2, 0.25) is 0 Å². The van der Waals surface area contributed by atoms with E-state index in [1.54, 1.807) is 31.4 Å². The van der Waals surface area contributed by atoms with Gasteiger partial charge in [0.25, 0.3) is 11.8 Å². The molecule has 0 spiro atoms. The Morgan fingerprint density at radius 2 is 1.61 bits per heavy atom. The predicted molar refractivity (Wildman–Crippen MR) is 198 cm³/mol. The Bertz CT molecular complexity index is 1600. The van der Waals surface area contributed by atoms with Crippen LogP contribution in [0.25, 0.3) is 0 Å². The van der Waals surface area contributed by atoms with Crippen LogP contribution in [0.5, 0.6) is 23.0 Å². The number of esters is 1. The molecular weight excluding hydrogens is 697 g/mol. The van der Waals surface area contributed by atoms with Crippen molar-refractivity contribution in [2.45, 2.75) is 75.6 Å². The number of methoxy groups -OCH3 is 2. The third-order valence-corrected chi connectivity index (χ3v) is 11.9. The van der Waals surface area contributed by atoms with Crippen LogP contribution in [0.4, 0.5) is 11.4 Å². The van der Waals surface area contributed by atoms with Gasteiger partial charge in [-0.2, -0.15) is 0 Å². The van der Waals surface area contributed by atoms with Gasteiger partial charge in [0.1, 0.15) is 12.1 Å². The first kappa shape index (κ1) is 38.3. The third kappa shape index (κ3) is 8.74. The van der Waals surface area contributed by atoms with Crippen molar-refractivity contribution in [3.05, 3.63) is 35.4 Å². The van der Waals surface area contributed by atoms with Gasteiger partial charge < -0.3 is 44.5 Å². The number of hydrogen-bond acceptors (Lipinski definition) is 12. The maximum atomic E-state index is 13.7. The van der Waals surface area contributed by atoms with Crippen LogP contribution in [0.15, 0.2) is 24.3 Å². The average Bonchev–Trinajstić information content (AvgIpc) is 3.75. The van der Waals surface area contributed by atoms with Crippen LogP contribution in [0, 0.1) is 0 Å². The number of hydrogen-bond donors (Lipinski definition) is 2. The Kier molecular flexibility index (Phi) is 13.1. The van der Waals surface area contributed by atoms with Crippen molar-refractivity contribution in [2.75, 3.05) is 63.1 Å². The van der Waals surface area contributed by atoms with Gasteiger partial charge in [-0.25, -0.2) is 0 Å². The molecule has 0 bridgehead atoms. The van der Waals surface area contributed by atoms with Gasteiger partial charge in [-0.15, -0.1) is 23.5 Å². The zero-order valence-electron chi connectivity index (χ0n) is 29.9. The number of nitrogens with two attached hydrogens (primary N) is 1. The molecule has 0 aliphatic carbocycles. The topological polar surface area (TPSA) is 159 Å². The molecule has 0 unspecified atom stereocenters. The number of unbranched alkanes of at least 4 members (excludes halogenated alkanes) is 1. The fraction of sp³-hybridized carbons (Fsp3) is 0.556. The van der Waals surface area contributed by atoms with E-state index in [0.717, 1.165) is 24.3 Å². The zero-order chi connectivity index (χ0) is 36.7. The lowest BCUT2D eigenvalue weighted by atomic mass is 10.1. The number of likely N-dealkylation sites (tertiary alicyclic amines) is 1. The number of fused-ring (bicyclic) bond motifs is 2. The summed E-state index contributed by atoms with van der Waals surface area (Å²) in [5.41, 5.74) is 7.79. The third-order valence-electron chi connectivity index (χ3n) is 9.11. The molecule has 51 heavy (non-hydrogen) atoms. The van der Waals surface area contributed by atoms with Crippen molar-refractivity contribution >= 4 is 58.6 Å².